The number of oxime groups is 1. The largest absolute Gasteiger partial charge is 0.446 e. The lowest BCUT2D eigenvalue weighted by Crippen LogP contribution is -2.58. The molecule has 15 heteroatoms. The molecule has 5 aliphatic rings. The number of pyridine rings is 1. The number of amides is 4. The first-order valence-corrected chi connectivity index (χ1v) is 19.5. The maximum atomic E-state index is 14.3. The van der Waals surface area contributed by atoms with Crippen molar-refractivity contribution in [1.82, 2.24) is 25.2 Å². The van der Waals surface area contributed by atoms with Gasteiger partial charge in [-0.25, -0.2) is 13.2 Å². The van der Waals surface area contributed by atoms with Gasteiger partial charge in [-0.2, -0.15) is 0 Å². The van der Waals surface area contributed by atoms with Gasteiger partial charge in [0.2, 0.25) is 21.8 Å². The first-order chi connectivity index (χ1) is 24.6. The van der Waals surface area contributed by atoms with Crippen molar-refractivity contribution in [2.24, 2.45) is 11.1 Å². The Hall–Kier alpha value is -4.53. The number of carbonyl (C=O) groups is 4. The molecule has 2 aromatic rings. The maximum Gasteiger partial charge on any atom is 0.408 e. The molecule has 1 saturated heterocycles. The minimum absolute atomic E-state index is 0.00132. The molecular weight excluding hydrogens is 676 g/mol. The number of fused-ring (bicyclic) bond motifs is 3. The van der Waals surface area contributed by atoms with E-state index in [0.717, 1.165) is 43.0 Å². The molecular formula is C36H44N6O8S. The number of carbonyl (C=O) groups excluding carboxylic acids is 4. The Bertz CT molecular complexity index is 1840. The second-order valence-electron chi connectivity index (χ2n) is 14.3. The van der Waals surface area contributed by atoms with Crippen molar-refractivity contribution in [3.8, 4) is 0 Å². The Kier molecular flexibility index (Phi) is 9.99. The highest BCUT2D eigenvalue weighted by molar-refractivity contribution is 7.91. The molecule has 3 saturated carbocycles. The predicted molar refractivity (Wildman–Crippen MR) is 187 cm³/mol. The van der Waals surface area contributed by atoms with Crippen LogP contribution in [0.3, 0.4) is 0 Å². The molecule has 3 N–H and O–H groups in total. The lowest BCUT2D eigenvalue weighted by molar-refractivity contribution is -0.141. The number of para-hydroxylation sites is 1. The second-order valence-corrected chi connectivity index (χ2v) is 16.3. The van der Waals surface area contributed by atoms with Crippen LogP contribution < -0.4 is 15.4 Å². The predicted octanol–water partition coefficient (Wildman–Crippen LogP) is 3.21. The highest BCUT2D eigenvalue weighted by Crippen LogP contribution is 2.46. The fourth-order valence-corrected chi connectivity index (χ4v) is 8.35. The fourth-order valence-electron chi connectivity index (χ4n) is 6.99. The molecule has 1 aromatic carbocycles. The Morgan fingerprint density at radius 3 is 2.65 bits per heavy atom. The molecule has 5 atom stereocenters. The Balaban J connectivity index is 1.12. The third-order valence-corrected chi connectivity index (χ3v) is 12.3. The SMILES string of the molecule is O=C(N[C@H]1CCCCC/C=C\[C@@H]2C[C@]2(C(=O)NS(=O)(=O)C2CC2)NC(=O)[C@@H]2C[C@@H](O/N=C/c3cnc4ccccc4c3)CN2C1=O)OC1CCC1. The molecule has 0 bridgehead atoms. The van der Waals surface area contributed by atoms with Crippen LogP contribution in [0, 0.1) is 5.92 Å². The van der Waals surface area contributed by atoms with E-state index in [9.17, 15) is 27.6 Å². The molecule has 51 heavy (non-hydrogen) atoms. The molecule has 4 fully saturated rings. The van der Waals surface area contributed by atoms with Crippen molar-refractivity contribution in [2.75, 3.05) is 6.54 Å². The van der Waals surface area contributed by atoms with Gasteiger partial charge in [0.05, 0.1) is 23.5 Å². The summed E-state index contributed by atoms with van der Waals surface area (Å²) in [6.07, 6.45) is 12.5. The number of hydrogen-bond donors (Lipinski definition) is 3. The minimum Gasteiger partial charge on any atom is -0.446 e. The van der Waals surface area contributed by atoms with Crippen LogP contribution in [0.15, 0.2) is 53.8 Å². The van der Waals surface area contributed by atoms with Crippen LogP contribution in [0.4, 0.5) is 4.79 Å². The fraction of sp³-hybridized carbons (Fsp3) is 0.556. The van der Waals surface area contributed by atoms with Crippen LogP contribution in [0.25, 0.3) is 10.9 Å². The molecule has 4 amide bonds. The summed E-state index contributed by atoms with van der Waals surface area (Å²) in [5, 5.41) is 10.1. The van der Waals surface area contributed by atoms with E-state index in [2.05, 4.69) is 25.5 Å². The molecule has 3 aliphatic carbocycles. The van der Waals surface area contributed by atoms with E-state index >= 15 is 0 Å². The molecule has 2 aliphatic heterocycles. The van der Waals surface area contributed by atoms with Gasteiger partial charge in [-0.3, -0.25) is 24.1 Å². The summed E-state index contributed by atoms with van der Waals surface area (Å²) in [4.78, 5) is 66.5. The summed E-state index contributed by atoms with van der Waals surface area (Å²) in [5.74, 6) is -2.27. The first kappa shape index (κ1) is 34.9. The van der Waals surface area contributed by atoms with E-state index in [0.29, 0.717) is 37.7 Å². The molecule has 3 heterocycles. The average molecular weight is 721 g/mol. The molecule has 1 aromatic heterocycles. The van der Waals surface area contributed by atoms with Gasteiger partial charge >= 0.3 is 6.09 Å². The first-order valence-electron chi connectivity index (χ1n) is 18.0. The molecule has 0 spiro atoms. The zero-order valence-electron chi connectivity index (χ0n) is 28.4. The summed E-state index contributed by atoms with van der Waals surface area (Å²) < 4.78 is 33.2. The topological polar surface area (TPSA) is 185 Å². The molecule has 272 valence electrons. The van der Waals surface area contributed by atoms with Gasteiger partial charge in [-0.05, 0) is 69.9 Å². The van der Waals surface area contributed by atoms with Gasteiger partial charge in [0.1, 0.15) is 29.8 Å². The standard InChI is InChI=1S/C36H44N6O8S/c43-32-31-18-27(50-38-21-23-17-24-9-6-7-13-29(24)37-20-23)22-42(31)33(44)30(39-35(46)49-26-11-8-12-26)14-5-3-1-2-4-10-25-19-36(25,40-32)34(45)41-51(47,48)28-15-16-28/h4,6-7,9-10,13,17,20-21,25-28,30-31H,1-3,5,8,11-12,14-16,18-19,22H2,(H,39,46)(H,40,43)(H,41,45)/b10-4-,38-21+/t25-,27-,30+,31+,36+/m1/s1. The van der Waals surface area contributed by atoms with Crippen molar-refractivity contribution in [2.45, 2.75) is 112 Å². The minimum atomic E-state index is -3.87. The second kappa shape index (κ2) is 14.6. The maximum absolute atomic E-state index is 14.3. The molecule has 0 unspecified atom stereocenters. The van der Waals surface area contributed by atoms with E-state index in [4.69, 9.17) is 9.57 Å². The third kappa shape index (κ3) is 8.03. The zero-order chi connectivity index (χ0) is 35.6. The molecule has 14 nitrogen and oxygen atoms in total. The normalized spacial score (nSPS) is 29.5. The molecule has 0 radical (unpaired) electrons. The quantitative estimate of drug-likeness (QED) is 0.209. The number of alkyl carbamates (subject to hydrolysis) is 1. The Labute approximate surface area is 296 Å². The summed E-state index contributed by atoms with van der Waals surface area (Å²) in [6, 6.07) is 7.55. The third-order valence-electron chi connectivity index (χ3n) is 10.5. The van der Waals surface area contributed by atoms with Crippen molar-refractivity contribution in [1.29, 1.82) is 0 Å². The number of aromatic nitrogens is 1. The number of sulfonamides is 1. The van der Waals surface area contributed by atoms with Crippen LogP contribution in [-0.4, -0.2) is 90.0 Å². The van der Waals surface area contributed by atoms with Crippen molar-refractivity contribution >= 4 is 51.0 Å². The van der Waals surface area contributed by atoms with Gasteiger partial charge < -0.3 is 25.1 Å². The van der Waals surface area contributed by atoms with Gasteiger partial charge in [0.25, 0.3) is 5.91 Å². The van der Waals surface area contributed by atoms with Crippen LogP contribution in [0.1, 0.15) is 82.6 Å². The molecule has 7 rings (SSSR count). The average Bonchev–Trinajstić information content (AvgIpc) is 4.02. The Morgan fingerprint density at radius 1 is 1.04 bits per heavy atom. The summed E-state index contributed by atoms with van der Waals surface area (Å²) in [7, 11) is -3.87. The van der Waals surface area contributed by atoms with Crippen LogP contribution in [-0.2, 0) is 34.0 Å². The van der Waals surface area contributed by atoms with E-state index < -0.39 is 68.7 Å². The lowest BCUT2D eigenvalue weighted by atomic mass is 9.96. The van der Waals surface area contributed by atoms with Gasteiger partial charge in [-0.15, -0.1) is 0 Å². The number of allylic oxidation sites excluding steroid dienone is 1. The number of rotatable bonds is 8. The van der Waals surface area contributed by atoms with Crippen LogP contribution in [0.5, 0.6) is 0 Å². The number of hydrogen-bond acceptors (Lipinski definition) is 10. The van der Waals surface area contributed by atoms with E-state index in [1.165, 1.54) is 11.1 Å². The monoisotopic (exact) mass is 720 g/mol. The zero-order valence-corrected chi connectivity index (χ0v) is 29.2. The van der Waals surface area contributed by atoms with E-state index in [1.54, 1.807) is 6.20 Å². The summed E-state index contributed by atoms with van der Waals surface area (Å²) in [6.45, 7) is -0.00132. The number of nitrogens with zero attached hydrogens (tertiary/aromatic N) is 3. The summed E-state index contributed by atoms with van der Waals surface area (Å²) >= 11 is 0. The van der Waals surface area contributed by atoms with Gasteiger partial charge in [-0.1, -0.05) is 48.3 Å². The van der Waals surface area contributed by atoms with Crippen molar-refractivity contribution < 1.29 is 37.2 Å². The van der Waals surface area contributed by atoms with Crippen molar-refractivity contribution in [3.05, 3.63) is 54.2 Å². The van der Waals surface area contributed by atoms with Gasteiger partial charge in [0.15, 0.2) is 0 Å². The Morgan fingerprint density at radius 2 is 1.86 bits per heavy atom. The summed E-state index contributed by atoms with van der Waals surface area (Å²) in [5.41, 5.74) is 0.0612. The number of ether oxygens (including phenoxy) is 1. The van der Waals surface area contributed by atoms with Gasteiger partial charge in [0, 0.05) is 29.5 Å². The number of benzene rings is 1. The number of nitrogens with one attached hydrogen (secondary N) is 3. The lowest BCUT2D eigenvalue weighted by Gasteiger charge is -2.30. The highest BCUT2D eigenvalue weighted by Gasteiger charge is 2.62. The van der Waals surface area contributed by atoms with E-state index in [1.807, 2.05) is 42.5 Å². The van der Waals surface area contributed by atoms with Crippen molar-refractivity contribution in [3.63, 3.8) is 0 Å². The van der Waals surface area contributed by atoms with E-state index in [-0.39, 0.29) is 25.5 Å². The smallest absolute Gasteiger partial charge is 0.408 e. The highest BCUT2D eigenvalue weighted by atomic mass is 32.2. The van der Waals surface area contributed by atoms with Crippen LogP contribution in [0.2, 0.25) is 0 Å². The van der Waals surface area contributed by atoms with Crippen LogP contribution >= 0.6 is 0 Å².